The highest BCUT2D eigenvalue weighted by atomic mass is 16.2. The second kappa shape index (κ2) is 8.98. The number of likely N-dealkylation sites (tertiary alicyclic amines) is 2. The summed E-state index contributed by atoms with van der Waals surface area (Å²) in [7, 11) is 0. The number of nitrogens with zero attached hydrogens (tertiary/aromatic N) is 5. The van der Waals surface area contributed by atoms with Crippen LogP contribution in [0.25, 0.3) is 5.65 Å². The first kappa shape index (κ1) is 20.5. The molecule has 1 aromatic carbocycles. The molecule has 0 bridgehead atoms. The molecule has 166 valence electrons. The highest BCUT2D eigenvalue weighted by molar-refractivity contribution is 5.78. The van der Waals surface area contributed by atoms with Crippen LogP contribution in [0, 0.1) is 0 Å². The number of amides is 3. The lowest BCUT2D eigenvalue weighted by atomic mass is 9.96. The first-order valence-corrected chi connectivity index (χ1v) is 11.4. The molecule has 3 amide bonds. The zero-order valence-corrected chi connectivity index (χ0v) is 18.1. The molecule has 8 nitrogen and oxygen atoms in total. The largest absolute Gasteiger partial charge is 0.338 e. The molecule has 0 saturated carbocycles. The molecule has 4 heterocycles. The number of pyridine rings is 1. The Hall–Kier alpha value is -3.42. The fourth-order valence-corrected chi connectivity index (χ4v) is 4.70. The van der Waals surface area contributed by atoms with E-state index in [0.29, 0.717) is 38.5 Å². The van der Waals surface area contributed by atoms with Gasteiger partial charge in [0.05, 0.1) is 0 Å². The predicted molar refractivity (Wildman–Crippen MR) is 120 cm³/mol. The van der Waals surface area contributed by atoms with Gasteiger partial charge in [-0.2, -0.15) is 0 Å². The Morgan fingerprint density at radius 2 is 1.88 bits per heavy atom. The van der Waals surface area contributed by atoms with Crippen molar-refractivity contribution in [1.29, 1.82) is 0 Å². The van der Waals surface area contributed by atoms with Crippen molar-refractivity contribution >= 4 is 17.6 Å². The van der Waals surface area contributed by atoms with Crippen molar-refractivity contribution in [2.24, 2.45) is 0 Å². The Morgan fingerprint density at radius 1 is 1.03 bits per heavy atom. The lowest BCUT2D eigenvalue weighted by molar-refractivity contribution is -0.128. The topological polar surface area (TPSA) is 82.8 Å². The maximum Gasteiger partial charge on any atom is 0.317 e. The summed E-state index contributed by atoms with van der Waals surface area (Å²) in [5.74, 6) is 1.52. The van der Waals surface area contributed by atoms with Gasteiger partial charge in [0.15, 0.2) is 5.65 Å². The summed E-state index contributed by atoms with van der Waals surface area (Å²) in [5.41, 5.74) is 3.01. The lowest BCUT2D eigenvalue weighted by Gasteiger charge is -2.31. The standard InChI is InChI=1S/C24H28N6O2/c31-22-8-4-11-29(22)17-19-6-3-5-18(15-19)16-25-24(32)28-13-9-20(10-14-28)23-27-26-21-7-1-2-12-30(21)23/h1-3,5-7,12,15,20H,4,8-11,13-14,16-17H2,(H,25,32). The highest BCUT2D eigenvalue weighted by Gasteiger charge is 2.27. The molecule has 8 heteroatoms. The summed E-state index contributed by atoms with van der Waals surface area (Å²) in [4.78, 5) is 28.4. The van der Waals surface area contributed by atoms with Crippen LogP contribution in [0.3, 0.4) is 0 Å². The average Bonchev–Trinajstić information content (AvgIpc) is 3.44. The van der Waals surface area contributed by atoms with Gasteiger partial charge in [-0.3, -0.25) is 9.20 Å². The molecule has 2 fully saturated rings. The Balaban J connectivity index is 1.13. The van der Waals surface area contributed by atoms with E-state index in [1.165, 1.54) is 0 Å². The number of carbonyl (C=O) groups excluding carboxylic acids is 2. The molecule has 2 aliphatic rings. The SMILES string of the molecule is O=C1CCCN1Cc1cccc(CNC(=O)N2CCC(c3nnc4ccccn34)CC2)c1. The maximum atomic E-state index is 12.7. The first-order chi connectivity index (χ1) is 15.7. The normalized spacial score (nSPS) is 17.3. The summed E-state index contributed by atoms with van der Waals surface area (Å²) in [6, 6.07) is 14.0. The fourth-order valence-electron chi connectivity index (χ4n) is 4.70. The van der Waals surface area contributed by atoms with Crippen molar-refractivity contribution in [3.8, 4) is 0 Å². The van der Waals surface area contributed by atoms with Gasteiger partial charge in [0.1, 0.15) is 5.82 Å². The molecule has 0 atom stereocenters. The molecule has 0 spiro atoms. The van der Waals surface area contributed by atoms with Gasteiger partial charge in [0, 0.05) is 51.3 Å². The van der Waals surface area contributed by atoms with E-state index in [9.17, 15) is 9.59 Å². The third-order valence-corrected chi connectivity index (χ3v) is 6.47. The van der Waals surface area contributed by atoms with E-state index in [0.717, 1.165) is 48.4 Å². The van der Waals surface area contributed by atoms with Crippen LogP contribution in [0.2, 0.25) is 0 Å². The van der Waals surface area contributed by atoms with Crippen LogP contribution in [0.15, 0.2) is 48.7 Å². The van der Waals surface area contributed by atoms with Crippen LogP contribution >= 0.6 is 0 Å². The minimum atomic E-state index is -0.0327. The monoisotopic (exact) mass is 432 g/mol. The van der Waals surface area contributed by atoms with Gasteiger partial charge in [0.25, 0.3) is 0 Å². The van der Waals surface area contributed by atoms with Crippen LogP contribution in [-0.2, 0) is 17.9 Å². The summed E-state index contributed by atoms with van der Waals surface area (Å²) in [6.45, 7) is 3.37. The molecule has 2 aromatic heterocycles. The van der Waals surface area contributed by atoms with Crippen LogP contribution in [-0.4, -0.2) is 56.0 Å². The Labute approximate surface area is 187 Å². The van der Waals surface area contributed by atoms with Crippen molar-refractivity contribution in [1.82, 2.24) is 29.7 Å². The van der Waals surface area contributed by atoms with E-state index < -0.39 is 0 Å². The molecule has 2 saturated heterocycles. The lowest BCUT2D eigenvalue weighted by Crippen LogP contribution is -2.44. The molecular formula is C24H28N6O2. The number of rotatable bonds is 5. The van der Waals surface area contributed by atoms with Gasteiger partial charge in [-0.05, 0) is 42.5 Å². The van der Waals surface area contributed by atoms with E-state index in [4.69, 9.17) is 0 Å². The molecular weight excluding hydrogens is 404 g/mol. The van der Waals surface area contributed by atoms with Gasteiger partial charge < -0.3 is 15.1 Å². The van der Waals surface area contributed by atoms with Crippen molar-refractivity contribution in [2.45, 2.75) is 44.7 Å². The Bertz CT molecular complexity index is 1120. The number of hydrogen-bond donors (Lipinski definition) is 1. The van der Waals surface area contributed by atoms with E-state index in [-0.39, 0.29) is 11.9 Å². The number of fused-ring (bicyclic) bond motifs is 1. The van der Waals surface area contributed by atoms with Crippen LogP contribution in [0.4, 0.5) is 4.79 Å². The Kier molecular flexibility index (Phi) is 5.75. The molecule has 0 radical (unpaired) electrons. The molecule has 1 N–H and O–H groups in total. The molecule has 0 unspecified atom stereocenters. The summed E-state index contributed by atoms with van der Waals surface area (Å²) >= 11 is 0. The minimum absolute atomic E-state index is 0.0327. The van der Waals surface area contributed by atoms with Gasteiger partial charge in [-0.1, -0.05) is 30.3 Å². The number of urea groups is 1. The van der Waals surface area contributed by atoms with E-state index >= 15 is 0 Å². The Morgan fingerprint density at radius 3 is 2.69 bits per heavy atom. The fraction of sp³-hybridized carbons (Fsp3) is 0.417. The summed E-state index contributed by atoms with van der Waals surface area (Å²) in [6.07, 6.45) is 5.35. The molecule has 3 aromatic rings. The van der Waals surface area contributed by atoms with Crippen LogP contribution in [0.5, 0.6) is 0 Å². The highest BCUT2D eigenvalue weighted by Crippen LogP contribution is 2.27. The van der Waals surface area contributed by atoms with E-state index in [1.807, 2.05) is 56.8 Å². The van der Waals surface area contributed by atoms with Crippen molar-refractivity contribution in [2.75, 3.05) is 19.6 Å². The smallest absolute Gasteiger partial charge is 0.317 e. The van der Waals surface area contributed by atoms with Crippen LogP contribution < -0.4 is 5.32 Å². The quantitative estimate of drug-likeness (QED) is 0.672. The first-order valence-electron chi connectivity index (χ1n) is 11.4. The zero-order valence-electron chi connectivity index (χ0n) is 18.1. The van der Waals surface area contributed by atoms with Gasteiger partial charge in [-0.15, -0.1) is 10.2 Å². The average molecular weight is 433 g/mol. The molecule has 32 heavy (non-hydrogen) atoms. The second-order valence-electron chi connectivity index (χ2n) is 8.65. The van der Waals surface area contributed by atoms with Gasteiger partial charge >= 0.3 is 6.03 Å². The third kappa shape index (κ3) is 4.30. The molecule has 0 aliphatic carbocycles. The minimum Gasteiger partial charge on any atom is -0.338 e. The summed E-state index contributed by atoms with van der Waals surface area (Å²) < 4.78 is 2.04. The molecule has 2 aliphatic heterocycles. The van der Waals surface area contributed by atoms with E-state index in [1.54, 1.807) is 0 Å². The van der Waals surface area contributed by atoms with Gasteiger partial charge in [0.2, 0.25) is 5.91 Å². The van der Waals surface area contributed by atoms with Crippen molar-refractivity contribution < 1.29 is 9.59 Å². The number of piperidine rings is 1. The van der Waals surface area contributed by atoms with Gasteiger partial charge in [-0.25, -0.2) is 4.79 Å². The number of nitrogens with one attached hydrogen (secondary N) is 1. The maximum absolute atomic E-state index is 12.7. The second-order valence-corrected chi connectivity index (χ2v) is 8.65. The zero-order chi connectivity index (χ0) is 21.9. The number of carbonyl (C=O) groups is 2. The summed E-state index contributed by atoms with van der Waals surface area (Å²) in [5, 5.41) is 11.7. The van der Waals surface area contributed by atoms with Crippen molar-refractivity contribution in [3.63, 3.8) is 0 Å². The number of benzene rings is 1. The number of hydrogen-bond acceptors (Lipinski definition) is 4. The van der Waals surface area contributed by atoms with Crippen molar-refractivity contribution in [3.05, 3.63) is 65.6 Å². The predicted octanol–water partition coefficient (Wildman–Crippen LogP) is 2.94. The number of aromatic nitrogens is 3. The van der Waals surface area contributed by atoms with E-state index in [2.05, 4.69) is 21.6 Å². The molecule has 5 rings (SSSR count). The van der Waals surface area contributed by atoms with Crippen LogP contribution in [0.1, 0.15) is 48.6 Å². The third-order valence-electron chi connectivity index (χ3n) is 6.47.